The van der Waals surface area contributed by atoms with Crippen molar-refractivity contribution < 1.29 is 18.4 Å². The predicted molar refractivity (Wildman–Crippen MR) is 120 cm³/mol. The number of alkyl halides is 2. The van der Waals surface area contributed by atoms with Crippen molar-refractivity contribution in [2.45, 2.75) is 44.8 Å². The van der Waals surface area contributed by atoms with Crippen molar-refractivity contribution in [1.82, 2.24) is 29.7 Å². The minimum atomic E-state index is -3.75. The second-order valence-corrected chi connectivity index (χ2v) is 8.82. The van der Waals surface area contributed by atoms with E-state index in [0.717, 1.165) is 7.05 Å². The molecule has 3 aromatic rings. The maximum atomic E-state index is 14.8. The second-order valence-electron chi connectivity index (χ2n) is 7.90. The standard InChI is InChI=1S/C21H24BrF2N7O2/c1-13(2)31-11-15(10-26-31)17-12-30(28-27-17)8-7-21(23,24)20(33)29(3)18(19(25)32)14-5-4-6-16(22)9-14/h4-6,9-13,18H,7-8H2,1-3H3,(H2,25,32). The number of carbonyl (C=O) groups excluding carboxylic acids is 2. The number of primary amides is 1. The van der Waals surface area contributed by atoms with Crippen LogP contribution in [0.4, 0.5) is 8.78 Å². The molecule has 2 N–H and O–H groups in total. The third-order valence-corrected chi connectivity index (χ3v) is 5.57. The van der Waals surface area contributed by atoms with Gasteiger partial charge in [-0.25, -0.2) is 0 Å². The maximum Gasteiger partial charge on any atom is 0.326 e. The Hall–Kier alpha value is -3.15. The van der Waals surface area contributed by atoms with Crippen LogP contribution in [-0.2, 0) is 16.1 Å². The first-order valence-electron chi connectivity index (χ1n) is 10.1. The zero-order valence-corrected chi connectivity index (χ0v) is 19.9. The van der Waals surface area contributed by atoms with Crippen LogP contribution in [-0.4, -0.2) is 54.5 Å². The highest BCUT2D eigenvalue weighted by Gasteiger charge is 2.44. The third-order valence-electron chi connectivity index (χ3n) is 5.07. The summed E-state index contributed by atoms with van der Waals surface area (Å²) in [4.78, 5) is 25.2. The summed E-state index contributed by atoms with van der Waals surface area (Å²) in [6.45, 7) is 3.70. The fourth-order valence-electron chi connectivity index (χ4n) is 3.29. The fourth-order valence-corrected chi connectivity index (χ4v) is 3.70. The van der Waals surface area contributed by atoms with Gasteiger partial charge in [-0.15, -0.1) is 5.10 Å². The summed E-state index contributed by atoms with van der Waals surface area (Å²) in [6.07, 6.45) is 4.10. The van der Waals surface area contributed by atoms with Crippen LogP contribution in [0.1, 0.15) is 37.9 Å². The number of nitrogens with two attached hydrogens (primary N) is 1. The molecule has 0 radical (unpaired) electrons. The molecule has 9 nitrogen and oxygen atoms in total. The Kier molecular flexibility index (Phi) is 7.25. The van der Waals surface area contributed by atoms with Gasteiger partial charge in [0, 0.05) is 42.3 Å². The molecule has 3 rings (SSSR count). The molecule has 1 atom stereocenters. The highest BCUT2D eigenvalue weighted by Crippen LogP contribution is 2.29. The van der Waals surface area contributed by atoms with Crippen LogP contribution < -0.4 is 5.73 Å². The smallest absolute Gasteiger partial charge is 0.326 e. The summed E-state index contributed by atoms with van der Waals surface area (Å²) >= 11 is 3.26. The molecular formula is C21H24BrF2N7O2. The average Bonchev–Trinajstić information content (AvgIpc) is 3.41. The number of aromatic nitrogens is 5. The molecule has 176 valence electrons. The molecule has 0 saturated heterocycles. The molecule has 0 spiro atoms. The zero-order chi connectivity index (χ0) is 24.3. The normalized spacial score (nSPS) is 12.7. The van der Waals surface area contributed by atoms with Crippen LogP contribution in [0.3, 0.4) is 0 Å². The molecule has 1 unspecified atom stereocenters. The number of rotatable bonds is 9. The molecule has 33 heavy (non-hydrogen) atoms. The van der Waals surface area contributed by atoms with Gasteiger partial charge >= 0.3 is 5.92 Å². The van der Waals surface area contributed by atoms with Crippen LogP contribution in [0.15, 0.2) is 47.3 Å². The minimum absolute atomic E-state index is 0.164. The van der Waals surface area contributed by atoms with Crippen molar-refractivity contribution in [3.8, 4) is 11.3 Å². The number of aryl methyl sites for hydroxylation is 1. The first-order valence-corrected chi connectivity index (χ1v) is 10.9. The number of likely N-dealkylation sites (N-methyl/N-ethyl adjacent to an activating group) is 1. The number of hydrogen-bond donors (Lipinski definition) is 1. The zero-order valence-electron chi connectivity index (χ0n) is 18.3. The fraction of sp³-hybridized carbons (Fsp3) is 0.381. The van der Waals surface area contributed by atoms with E-state index >= 15 is 0 Å². The van der Waals surface area contributed by atoms with Crippen LogP contribution in [0.5, 0.6) is 0 Å². The van der Waals surface area contributed by atoms with E-state index in [9.17, 15) is 18.4 Å². The molecule has 12 heteroatoms. The molecule has 2 amide bonds. The Morgan fingerprint density at radius 1 is 1.27 bits per heavy atom. The summed E-state index contributed by atoms with van der Waals surface area (Å²) in [5.41, 5.74) is 6.94. The lowest BCUT2D eigenvalue weighted by atomic mass is 10.0. The monoisotopic (exact) mass is 523 g/mol. The molecule has 0 bridgehead atoms. The number of halogens is 3. The van der Waals surface area contributed by atoms with Crippen LogP contribution >= 0.6 is 15.9 Å². The maximum absolute atomic E-state index is 14.8. The molecule has 0 saturated carbocycles. The molecule has 0 aliphatic rings. The van der Waals surface area contributed by atoms with Crippen molar-refractivity contribution in [2.24, 2.45) is 5.73 Å². The molecule has 2 heterocycles. The molecule has 0 aliphatic heterocycles. The lowest BCUT2D eigenvalue weighted by molar-refractivity contribution is -0.161. The number of hydrogen-bond acceptors (Lipinski definition) is 5. The number of amides is 2. The Balaban J connectivity index is 1.70. The van der Waals surface area contributed by atoms with Crippen molar-refractivity contribution in [2.75, 3.05) is 7.05 Å². The largest absolute Gasteiger partial charge is 0.368 e. The van der Waals surface area contributed by atoms with E-state index in [2.05, 4.69) is 31.3 Å². The van der Waals surface area contributed by atoms with Crippen molar-refractivity contribution >= 4 is 27.7 Å². The van der Waals surface area contributed by atoms with E-state index in [0.29, 0.717) is 26.2 Å². The first kappa shape index (κ1) is 24.5. The van der Waals surface area contributed by atoms with Gasteiger partial charge in [0.15, 0.2) is 0 Å². The molecule has 2 aromatic heterocycles. The molecule has 1 aromatic carbocycles. The van der Waals surface area contributed by atoms with E-state index < -0.39 is 30.2 Å². The summed E-state index contributed by atoms with van der Waals surface area (Å²) < 4.78 is 33.1. The molecule has 0 aliphatic carbocycles. The van der Waals surface area contributed by atoms with Crippen LogP contribution in [0.2, 0.25) is 0 Å². The Morgan fingerprint density at radius 2 is 2.00 bits per heavy atom. The third kappa shape index (κ3) is 5.62. The Bertz CT molecular complexity index is 1150. The van der Waals surface area contributed by atoms with E-state index in [1.54, 1.807) is 41.3 Å². The quantitative estimate of drug-likeness (QED) is 0.462. The Morgan fingerprint density at radius 3 is 2.61 bits per heavy atom. The van der Waals surface area contributed by atoms with Crippen molar-refractivity contribution in [3.05, 3.63) is 52.9 Å². The average molecular weight is 524 g/mol. The number of nitrogens with zero attached hydrogens (tertiary/aromatic N) is 6. The number of carbonyl (C=O) groups is 2. The summed E-state index contributed by atoms with van der Waals surface area (Å²) in [5, 5.41) is 12.1. The van der Waals surface area contributed by atoms with Crippen LogP contribution in [0.25, 0.3) is 11.3 Å². The lowest BCUT2D eigenvalue weighted by Gasteiger charge is -2.29. The summed E-state index contributed by atoms with van der Waals surface area (Å²) in [5.74, 6) is -6.17. The number of benzene rings is 1. The van der Waals surface area contributed by atoms with E-state index in [4.69, 9.17) is 5.73 Å². The second kappa shape index (κ2) is 9.77. The van der Waals surface area contributed by atoms with Gasteiger partial charge < -0.3 is 10.6 Å². The molecule has 0 fully saturated rings. The topological polar surface area (TPSA) is 112 Å². The van der Waals surface area contributed by atoms with Gasteiger partial charge in [-0.2, -0.15) is 13.9 Å². The van der Waals surface area contributed by atoms with Gasteiger partial charge in [0.05, 0.1) is 12.4 Å². The van der Waals surface area contributed by atoms with Gasteiger partial charge in [-0.1, -0.05) is 33.3 Å². The predicted octanol–water partition coefficient (Wildman–Crippen LogP) is 3.20. The lowest BCUT2D eigenvalue weighted by Crippen LogP contribution is -2.47. The van der Waals surface area contributed by atoms with Gasteiger partial charge in [-0.05, 0) is 31.5 Å². The summed E-state index contributed by atoms with van der Waals surface area (Å²) in [6, 6.07) is 5.25. The Labute approximate surface area is 197 Å². The first-order chi connectivity index (χ1) is 15.5. The summed E-state index contributed by atoms with van der Waals surface area (Å²) in [7, 11) is 1.13. The van der Waals surface area contributed by atoms with Gasteiger partial charge in [0.1, 0.15) is 11.7 Å². The van der Waals surface area contributed by atoms with E-state index in [1.165, 1.54) is 10.9 Å². The minimum Gasteiger partial charge on any atom is -0.368 e. The van der Waals surface area contributed by atoms with Crippen molar-refractivity contribution in [1.29, 1.82) is 0 Å². The molecular weight excluding hydrogens is 500 g/mol. The van der Waals surface area contributed by atoms with Crippen molar-refractivity contribution in [3.63, 3.8) is 0 Å². The van der Waals surface area contributed by atoms with Crippen LogP contribution in [0, 0.1) is 0 Å². The van der Waals surface area contributed by atoms with Gasteiger partial charge in [-0.3, -0.25) is 19.0 Å². The highest BCUT2D eigenvalue weighted by atomic mass is 79.9. The SMILES string of the molecule is CC(C)n1cc(-c2cn(CCC(F)(F)C(=O)N(C)C(C(N)=O)c3cccc(Br)c3)nn2)cn1. The highest BCUT2D eigenvalue weighted by molar-refractivity contribution is 9.10. The van der Waals surface area contributed by atoms with E-state index in [-0.39, 0.29) is 12.6 Å². The van der Waals surface area contributed by atoms with Gasteiger partial charge in [0.25, 0.3) is 5.91 Å². The van der Waals surface area contributed by atoms with E-state index in [1.807, 2.05) is 13.8 Å². The van der Waals surface area contributed by atoms with Gasteiger partial charge in [0.2, 0.25) is 5.91 Å².